The fourth-order valence-electron chi connectivity index (χ4n) is 2.86. The van der Waals surface area contributed by atoms with Crippen molar-refractivity contribution in [2.24, 2.45) is 0 Å². The van der Waals surface area contributed by atoms with Crippen LogP contribution in [0.25, 0.3) is 0 Å². The predicted octanol–water partition coefficient (Wildman–Crippen LogP) is 2.72. The fraction of sp³-hybridized carbons (Fsp3) is 0.625. The lowest BCUT2D eigenvalue weighted by atomic mass is 9.82. The zero-order valence-electron chi connectivity index (χ0n) is 12.8. The molecule has 0 heterocycles. The Kier molecular flexibility index (Phi) is 5.83. The lowest BCUT2D eigenvalue weighted by Crippen LogP contribution is -2.53. The molecule has 0 spiro atoms. The van der Waals surface area contributed by atoms with Gasteiger partial charge in [0.2, 0.25) is 0 Å². The second-order valence-electron chi connectivity index (χ2n) is 5.28. The van der Waals surface area contributed by atoms with Crippen LogP contribution >= 0.6 is 0 Å². The number of methoxy groups -OCH3 is 1. The molecule has 1 aromatic carbocycles. The van der Waals surface area contributed by atoms with Crippen LogP contribution in [0.1, 0.15) is 32.3 Å². The zero-order valence-corrected chi connectivity index (χ0v) is 12.8. The standard InChI is InChI=1S/C16H27NO2/c1-6-16(7-2,17(3)4)15(18)12-13-9-8-10-14(11-13)19-5/h8-11,15,18H,6-7,12H2,1-5H3. The quantitative estimate of drug-likeness (QED) is 0.823. The first-order chi connectivity index (χ1) is 9.00. The van der Waals surface area contributed by atoms with Gasteiger partial charge in [-0.1, -0.05) is 26.0 Å². The number of hydrogen-bond acceptors (Lipinski definition) is 3. The first-order valence-electron chi connectivity index (χ1n) is 6.98. The van der Waals surface area contributed by atoms with E-state index in [1.54, 1.807) is 7.11 Å². The molecule has 0 fully saturated rings. The maximum absolute atomic E-state index is 10.7. The van der Waals surface area contributed by atoms with Crippen molar-refractivity contribution in [3.8, 4) is 5.75 Å². The Morgan fingerprint density at radius 1 is 1.26 bits per heavy atom. The largest absolute Gasteiger partial charge is 0.497 e. The molecular formula is C16H27NO2. The van der Waals surface area contributed by atoms with Gasteiger partial charge in [-0.3, -0.25) is 0 Å². The number of benzene rings is 1. The monoisotopic (exact) mass is 265 g/mol. The highest BCUT2D eigenvalue weighted by atomic mass is 16.5. The van der Waals surface area contributed by atoms with E-state index in [1.807, 2.05) is 38.4 Å². The van der Waals surface area contributed by atoms with Gasteiger partial charge in [-0.05, 0) is 44.6 Å². The summed E-state index contributed by atoms with van der Waals surface area (Å²) in [5.41, 5.74) is 0.947. The van der Waals surface area contributed by atoms with Crippen LogP contribution in [0.15, 0.2) is 24.3 Å². The first-order valence-corrected chi connectivity index (χ1v) is 6.98. The maximum Gasteiger partial charge on any atom is 0.119 e. The van der Waals surface area contributed by atoms with Crippen LogP contribution in [0.5, 0.6) is 5.75 Å². The van der Waals surface area contributed by atoms with E-state index in [9.17, 15) is 5.11 Å². The van der Waals surface area contributed by atoms with Gasteiger partial charge >= 0.3 is 0 Å². The van der Waals surface area contributed by atoms with Crippen molar-refractivity contribution in [2.45, 2.75) is 44.8 Å². The molecule has 0 aliphatic carbocycles. The van der Waals surface area contributed by atoms with Gasteiger partial charge in [-0.15, -0.1) is 0 Å². The van der Waals surface area contributed by atoms with Crippen molar-refractivity contribution in [3.05, 3.63) is 29.8 Å². The van der Waals surface area contributed by atoms with Gasteiger partial charge in [-0.25, -0.2) is 0 Å². The van der Waals surface area contributed by atoms with E-state index in [-0.39, 0.29) is 11.6 Å². The second kappa shape index (κ2) is 6.92. The molecule has 0 radical (unpaired) electrons. The Bertz CT molecular complexity index is 386. The Morgan fingerprint density at radius 3 is 2.37 bits per heavy atom. The maximum atomic E-state index is 10.7. The minimum absolute atomic E-state index is 0.164. The molecule has 1 rings (SSSR count). The van der Waals surface area contributed by atoms with Crippen LogP contribution < -0.4 is 4.74 Å². The number of likely N-dealkylation sites (N-methyl/N-ethyl adjacent to an activating group) is 1. The van der Waals surface area contributed by atoms with E-state index < -0.39 is 0 Å². The molecule has 1 N–H and O–H groups in total. The van der Waals surface area contributed by atoms with E-state index >= 15 is 0 Å². The Labute approximate surface area is 117 Å². The highest BCUT2D eigenvalue weighted by Gasteiger charge is 2.36. The van der Waals surface area contributed by atoms with Crippen LogP contribution in [0.2, 0.25) is 0 Å². The predicted molar refractivity (Wildman–Crippen MR) is 79.7 cm³/mol. The molecule has 0 amide bonds. The summed E-state index contributed by atoms with van der Waals surface area (Å²) in [7, 11) is 5.75. The Hall–Kier alpha value is -1.06. The van der Waals surface area contributed by atoms with Crippen LogP contribution in [-0.2, 0) is 6.42 Å². The summed E-state index contributed by atoms with van der Waals surface area (Å²) in [6.45, 7) is 4.27. The molecule has 0 bridgehead atoms. The molecule has 19 heavy (non-hydrogen) atoms. The van der Waals surface area contributed by atoms with Crippen LogP contribution in [0.3, 0.4) is 0 Å². The molecule has 0 saturated carbocycles. The smallest absolute Gasteiger partial charge is 0.119 e. The number of aliphatic hydroxyl groups excluding tert-OH is 1. The van der Waals surface area contributed by atoms with Gasteiger partial charge in [-0.2, -0.15) is 0 Å². The van der Waals surface area contributed by atoms with Gasteiger partial charge < -0.3 is 14.7 Å². The van der Waals surface area contributed by atoms with Crippen molar-refractivity contribution >= 4 is 0 Å². The lowest BCUT2D eigenvalue weighted by Gasteiger charge is -2.42. The van der Waals surface area contributed by atoms with Gasteiger partial charge in [0.1, 0.15) is 5.75 Å². The highest BCUT2D eigenvalue weighted by Crippen LogP contribution is 2.28. The lowest BCUT2D eigenvalue weighted by molar-refractivity contribution is -0.0125. The SMILES string of the molecule is CCC(CC)(C(O)Cc1cccc(OC)c1)N(C)C. The molecule has 0 aliphatic heterocycles. The third kappa shape index (κ3) is 3.48. The molecule has 1 unspecified atom stereocenters. The summed E-state index contributed by atoms with van der Waals surface area (Å²) in [5, 5.41) is 10.7. The summed E-state index contributed by atoms with van der Waals surface area (Å²) in [6.07, 6.45) is 2.13. The summed E-state index contributed by atoms with van der Waals surface area (Å²) >= 11 is 0. The summed E-state index contributed by atoms with van der Waals surface area (Å²) in [6, 6.07) is 7.93. The molecule has 3 heteroatoms. The highest BCUT2D eigenvalue weighted by molar-refractivity contribution is 5.29. The molecule has 1 atom stereocenters. The molecule has 3 nitrogen and oxygen atoms in total. The van der Waals surface area contributed by atoms with Crippen LogP contribution in [0.4, 0.5) is 0 Å². The van der Waals surface area contributed by atoms with E-state index in [0.29, 0.717) is 6.42 Å². The van der Waals surface area contributed by atoms with Gasteiger partial charge in [0.25, 0.3) is 0 Å². The number of hydrogen-bond donors (Lipinski definition) is 1. The number of rotatable bonds is 7. The summed E-state index contributed by atoms with van der Waals surface area (Å²) in [5.74, 6) is 0.841. The Morgan fingerprint density at radius 2 is 1.89 bits per heavy atom. The van der Waals surface area contributed by atoms with Crippen molar-refractivity contribution in [2.75, 3.05) is 21.2 Å². The number of ether oxygens (including phenoxy) is 1. The first kappa shape index (κ1) is 16.0. The number of aliphatic hydroxyl groups is 1. The van der Waals surface area contributed by atoms with Gasteiger partial charge in [0, 0.05) is 12.0 Å². The topological polar surface area (TPSA) is 32.7 Å². The minimum Gasteiger partial charge on any atom is -0.497 e. The number of nitrogens with zero attached hydrogens (tertiary/aromatic N) is 1. The average Bonchev–Trinajstić information content (AvgIpc) is 2.40. The molecular weight excluding hydrogens is 238 g/mol. The van der Waals surface area contributed by atoms with E-state index in [4.69, 9.17) is 4.74 Å². The molecule has 0 aliphatic rings. The molecule has 108 valence electrons. The second-order valence-corrected chi connectivity index (χ2v) is 5.28. The van der Waals surface area contributed by atoms with E-state index in [1.165, 1.54) is 0 Å². The van der Waals surface area contributed by atoms with Crippen molar-refractivity contribution in [3.63, 3.8) is 0 Å². The zero-order chi connectivity index (χ0) is 14.5. The molecule has 1 aromatic rings. The van der Waals surface area contributed by atoms with Gasteiger partial charge in [0.05, 0.1) is 13.2 Å². The fourth-order valence-corrected chi connectivity index (χ4v) is 2.86. The normalized spacial score (nSPS) is 13.6. The van der Waals surface area contributed by atoms with Crippen LogP contribution in [0, 0.1) is 0 Å². The molecule has 0 aromatic heterocycles. The molecule has 0 saturated heterocycles. The minimum atomic E-state index is -0.385. The Balaban J connectivity index is 2.89. The van der Waals surface area contributed by atoms with E-state index in [2.05, 4.69) is 18.7 Å². The van der Waals surface area contributed by atoms with Crippen LogP contribution in [-0.4, -0.2) is 42.9 Å². The van der Waals surface area contributed by atoms with Crippen molar-refractivity contribution in [1.29, 1.82) is 0 Å². The average molecular weight is 265 g/mol. The summed E-state index contributed by atoms with van der Waals surface area (Å²) in [4.78, 5) is 2.15. The van der Waals surface area contributed by atoms with Crippen molar-refractivity contribution in [1.82, 2.24) is 4.90 Å². The summed E-state index contributed by atoms with van der Waals surface area (Å²) < 4.78 is 5.23. The van der Waals surface area contributed by atoms with E-state index in [0.717, 1.165) is 24.2 Å². The third-order valence-corrected chi connectivity index (χ3v) is 4.30. The third-order valence-electron chi connectivity index (χ3n) is 4.30. The van der Waals surface area contributed by atoms with Gasteiger partial charge in [0.15, 0.2) is 0 Å². The van der Waals surface area contributed by atoms with Crippen molar-refractivity contribution < 1.29 is 9.84 Å².